The van der Waals surface area contributed by atoms with E-state index in [1.807, 2.05) is 0 Å². The number of carboxylic acids is 1. The van der Waals surface area contributed by atoms with Crippen LogP contribution in [0.25, 0.3) is 0 Å². The van der Waals surface area contributed by atoms with E-state index >= 15 is 0 Å². The molecule has 29 heavy (non-hydrogen) atoms. The number of alkyl carbamates (subject to hydrolysis) is 1. The molecule has 3 N–H and O–H groups in total. The Balaban J connectivity index is 2.07. The lowest BCUT2D eigenvalue weighted by atomic mass is 10.0. The maximum atomic E-state index is 12.2. The second kappa shape index (κ2) is 11.0. The Kier molecular flexibility index (Phi) is 8.42. The minimum absolute atomic E-state index is 0.0542. The molecule has 2 aromatic carbocycles. The Labute approximate surface area is 176 Å². The third-order valence-electron chi connectivity index (χ3n) is 3.93. The summed E-state index contributed by atoms with van der Waals surface area (Å²) in [4.78, 5) is 34.9. The first-order valence-electron chi connectivity index (χ1n) is 8.81. The second-order valence-electron chi connectivity index (χ2n) is 6.09. The number of phenols is 1. The number of nitrogens with one attached hydrogen (secondary N) is 1. The van der Waals surface area contributed by atoms with Crippen molar-refractivity contribution in [3.63, 3.8) is 0 Å². The van der Waals surface area contributed by atoms with Crippen LogP contribution >= 0.6 is 15.9 Å². The van der Waals surface area contributed by atoms with Crippen LogP contribution in [0.15, 0.2) is 65.2 Å². The summed E-state index contributed by atoms with van der Waals surface area (Å²) in [6.07, 6.45) is 2.04. The Morgan fingerprint density at radius 3 is 2.55 bits per heavy atom. The molecule has 7 nitrogen and oxygen atoms in total. The maximum Gasteiger partial charge on any atom is 0.414 e. The Bertz CT molecular complexity index is 897. The molecule has 1 atom stereocenters. The number of aromatic hydroxyl groups is 1. The van der Waals surface area contributed by atoms with Gasteiger partial charge in [-0.05, 0) is 49.6 Å². The van der Waals surface area contributed by atoms with Gasteiger partial charge in [-0.2, -0.15) is 0 Å². The molecular formula is C21H20BrNO6. The third kappa shape index (κ3) is 7.42. The van der Waals surface area contributed by atoms with Crippen LogP contribution in [-0.4, -0.2) is 28.2 Å². The van der Waals surface area contributed by atoms with Gasteiger partial charge in [0.2, 0.25) is 0 Å². The van der Waals surface area contributed by atoms with Gasteiger partial charge in [0.25, 0.3) is 5.91 Å². The van der Waals surface area contributed by atoms with Crippen molar-refractivity contribution < 1.29 is 29.3 Å². The van der Waals surface area contributed by atoms with Crippen molar-refractivity contribution in [1.82, 2.24) is 5.32 Å². The van der Waals surface area contributed by atoms with Crippen LogP contribution in [0.4, 0.5) is 4.79 Å². The lowest BCUT2D eigenvalue weighted by Gasteiger charge is -2.19. The van der Waals surface area contributed by atoms with Crippen LogP contribution in [-0.2, 0) is 9.53 Å². The molecule has 0 radical (unpaired) electrons. The molecule has 0 heterocycles. The van der Waals surface area contributed by atoms with E-state index in [1.54, 1.807) is 42.5 Å². The molecule has 2 amide bonds. The zero-order valence-corrected chi connectivity index (χ0v) is 17.0. The molecule has 0 aliphatic carbocycles. The molecule has 2 aromatic rings. The van der Waals surface area contributed by atoms with Gasteiger partial charge < -0.3 is 14.9 Å². The molecule has 0 spiro atoms. The van der Waals surface area contributed by atoms with Gasteiger partial charge in [-0.1, -0.05) is 40.2 Å². The van der Waals surface area contributed by atoms with Gasteiger partial charge in [-0.25, -0.2) is 9.59 Å². The first-order chi connectivity index (χ1) is 13.9. The van der Waals surface area contributed by atoms with E-state index < -0.39 is 24.1 Å². The fourth-order valence-corrected chi connectivity index (χ4v) is 2.96. The summed E-state index contributed by atoms with van der Waals surface area (Å²) in [5.41, 5.74) is 0.689. The topological polar surface area (TPSA) is 113 Å². The van der Waals surface area contributed by atoms with E-state index in [0.717, 1.165) is 6.08 Å². The van der Waals surface area contributed by atoms with Crippen LogP contribution in [0, 0.1) is 0 Å². The largest absolute Gasteiger partial charge is 0.508 e. The summed E-state index contributed by atoms with van der Waals surface area (Å²) in [7, 11) is 0. The first kappa shape index (κ1) is 22.2. The number of phenolic OH excluding ortho intramolecular Hbond substituents is 1. The highest BCUT2D eigenvalue weighted by molar-refractivity contribution is 9.10. The van der Waals surface area contributed by atoms with Crippen LogP contribution in [0.5, 0.6) is 5.75 Å². The van der Waals surface area contributed by atoms with E-state index in [-0.39, 0.29) is 5.75 Å². The number of rotatable bonds is 8. The number of hydrogen-bond donors (Lipinski definition) is 3. The smallest absolute Gasteiger partial charge is 0.414 e. The summed E-state index contributed by atoms with van der Waals surface area (Å²) >= 11 is 3.31. The number of ether oxygens (including phenoxy) is 1. The molecule has 0 saturated heterocycles. The monoisotopic (exact) mass is 461 g/mol. The zero-order valence-electron chi connectivity index (χ0n) is 15.4. The minimum atomic E-state index is -1.04. The Hall–Kier alpha value is -3.13. The number of hydrogen-bond acceptors (Lipinski definition) is 5. The molecule has 0 saturated carbocycles. The molecule has 0 unspecified atom stereocenters. The molecule has 0 aliphatic heterocycles. The summed E-state index contributed by atoms with van der Waals surface area (Å²) in [5, 5.41) is 21.0. The highest BCUT2D eigenvalue weighted by Gasteiger charge is 2.21. The molecule has 152 valence electrons. The molecular weight excluding hydrogens is 442 g/mol. The standard InChI is InChI=1S/C21H20BrNO6/c22-15-11-12-17(24)16(13-15)18(9-5-2-6-10-19(25)26)29-21(28)23-20(27)14-7-3-1-4-8-14/h1,3-4,6-8,10-13,18,24H,2,5,9H2,(H,25,26)(H,23,27,28)/b10-6+/t18-/m1/s1. The summed E-state index contributed by atoms with van der Waals surface area (Å²) in [6, 6.07) is 13.0. The summed E-state index contributed by atoms with van der Waals surface area (Å²) in [5.74, 6) is -1.69. The van der Waals surface area contributed by atoms with Crippen molar-refractivity contribution >= 4 is 33.9 Å². The number of benzene rings is 2. The van der Waals surface area contributed by atoms with E-state index in [0.29, 0.717) is 34.9 Å². The number of carbonyl (C=O) groups is 3. The number of carbonyl (C=O) groups excluding carboxylic acids is 2. The van der Waals surface area contributed by atoms with Crippen molar-refractivity contribution in [3.8, 4) is 5.75 Å². The van der Waals surface area contributed by atoms with Crippen molar-refractivity contribution in [2.24, 2.45) is 0 Å². The van der Waals surface area contributed by atoms with E-state index in [2.05, 4.69) is 21.2 Å². The molecule has 0 aromatic heterocycles. The number of imide groups is 1. The van der Waals surface area contributed by atoms with Crippen LogP contribution in [0.1, 0.15) is 41.3 Å². The Morgan fingerprint density at radius 1 is 1.14 bits per heavy atom. The predicted molar refractivity (Wildman–Crippen MR) is 110 cm³/mol. The first-order valence-corrected chi connectivity index (χ1v) is 9.61. The van der Waals surface area contributed by atoms with Gasteiger partial charge in [-0.15, -0.1) is 0 Å². The van der Waals surface area contributed by atoms with E-state index in [1.165, 1.54) is 12.1 Å². The van der Waals surface area contributed by atoms with Gasteiger partial charge in [0.05, 0.1) is 0 Å². The van der Waals surface area contributed by atoms with Gasteiger partial charge in [0.1, 0.15) is 11.9 Å². The van der Waals surface area contributed by atoms with Gasteiger partial charge in [0.15, 0.2) is 0 Å². The number of aliphatic carboxylic acids is 1. The van der Waals surface area contributed by atoms with Crippen LogP contribution in [0.3, 0.4) is 0 Å². The summed E-state index contributed by atoms with van der Waals surface area (Å²) < 4.78 is 6.09. The molecule has 2 rings (SSSR count). The number of carboxylic acid groups (broad SMARTS) is 1. The van der Waals surface area contributed by atoms with Gasteiger partial charge in [-0.3, -0.25) is 10.1 Å². The Morgan fingerprint density at radius 2 is 1.86 bits per heavy atom. The number of allylic oxidation sites excluding steroid dienone is 1. The minimum Gasteiger partial charge on any atom is -0.508 e. The number of unbranched alkanes of at least 4 members (excludes halogenated alkanes) is 1. The lowest BCUT2D eigenvalue weighted by Crippen LogP contribution is -2.32. The van der Waals surface area contributed by atoms with Crippen LogP contribution in [0.2, 0.25) is 0 Å². The molecule has 0 fully saturated rings. The van der Waals surface area contributed by atoms with E-state index in [9.17, 15) is 19.5 Å². The lowest BCUT2D eigenvalue weighted by molar-refractivity contribution is -0.131. The quantitative estimate of drug-likeness (QED) is 0.391. The van der Waals surface area contributed by atoms with Crippen molar-refractivity contribution in [2.45, 2.75) is 25.4 Å². The highest BCUT2D eigenvalue weighted by Crippen LogP contribution is 2.33. The van der Waals surface area contributed by atoms with Crippen molar-refractivity contribution in [2.75, 3.05) is 0 Å². The SMILES string of the molecule is O=C(O)/C=C/CCC[C@@H](OC(=O)NC(=O)c1ccccc1)c1cc(Br)ccc1O. The van der Waals surface area contributed by atoms with Crippen molar-refractivity contribution in [1.29, 1.82) is 0 Å². The maximum absolute atomic E-state index is 12.2. The molecule has 0 bridgehead atoms. The average molecular weight is 462 g/mol. The fourth-order valence-electron chi connectivity index (χ4n) is 2.58. The zero-order chi connectivity index (χ0) is 21.2. The van der Waals surface area contributed by atoms with E-state index in [4.69, 9.17) is 9.84 Å². The van der Waals surface area contributed by atoms with Crippen LogP contribution < -0.4 is 5.32 Å². The van der Waals surface area contributed by atoms with Gasteiger partial charge in [0, 0.05) is 21.7 Å². The third-order valence-corrected chi connectivity index (χ3v) is 4.43. The molecule has 0 aliphatic rings. The van der Waals surface area contributed by atoms with Crippen molar-refractivity contribution in [3.05, 3.63) is 76.3 Å². The normalized spacial score (nSPS) is 11.8. The fraction of sp³-hybridized carbons (Fsp3) is 0.190. The second-order valence-corrected chi connectivity index (χ2v) is 7.00. The number of halogens is 1. The summed E-state index contributed by atoms with van der Waals surface area (Å²) in [6.45, 7) is 0. The number of amides is 2. The van der Waals surface area contributed by atoms with Gasteiger partial charge >= 0.3 is 12.1 Å². The predicted octanol–water partition coefficient (Wildman–Crippen LogP) is 4.57. The highest BCUT2D eigenvalue weighted by atomic mass is 79.9. The average Bonchev–Trinajstić information content (AvgIpc) is 2.69. The molecule has 8 heteroatoms.